The van der Waals surface area contributed by atoms with Gasteiger partial charge in [-0.05, 0) is 50.7 Å². The summed E-state index contributed by atoms with van der Waals surface area (Å²) in [5, 5.41) is 9.12. The molecule has 1 N–H and O–H groups in total. The average Bonchev–Trinajstić information content (AvgIpc) is 3.15. The first kappa shape index (κ1) is 18.8. The minimum atomic E-state index is -0.808. The highest BCUT2D eigenvalue weighted by molar-refractivity contribution is 5.80. The molecule has 1 aromatic carbocycles. The highest BCUT2D eigenvalue weighted by Gasteiger charge is 2.35. The van der Waals surface area contributed by atoms with Crippen LogP contribution in [0.15, 0.2) is 18.2 Å². The number of carbonyl (C=O) groups is 2. The van der Waals surface area contributed by atoms with Crippen LogP contribution < -0.4 is 0 Å². The Hall–Kier alpha value is -1.98. The molecule has 0 spiro atoms. The predicted molar refractivity (Wildman–Crippen MR) is 92.2 cm³/mol. The van der Waals surface area contributed by atoms with Gasteiger partial charge in [-0.15, -0.1) is 0 Å². The summed E-state index contributed by atoms with van der Waals surface area (Å²) in [5.41, 5.74) is -0.0630. The maximum atomic E-state index is 14.1. The van der Waals surface area contributed by atoms with Crippen LogP contribution in [-0.2, 0) is 16.1 Å². The van der Waals surface area contributed by atoms with Gasteiger partial charge in [-0.2, -0.15) is 0 Å². The molecule has 4 nitrogen and oxygen atoms in total. The third-order valence-corrected chi connectivity index (χ3v) is 5.86. The summed E-state index contributed by atoms with van der Waals surface area (Å²) < 4.78 is 28.2. The maximum Gasteiger partial charge on any atom is 0.306 e. The summed E-state index contributed by atoms with van der Waals surface area (Å²) in [4.78, 5) is 25.9. The van der Waals surface area contributed by atoms with Gasteiger partial charge in [0.15, 0.2) is 0 Å². The second-order valence-corrected chi connectivity index (χ2v) is 7.49. The molecule has 2 fully saturated rings. The quantitative estimate of drug-likeness (QED) is 0.854. The Morgan fingerprint density at radius 1 is 0.962 bits per heavy atom. The van der Waals surface area contributed by atoms with Gasteiger partial charge in [0, 0.05) is 17.5 Å². The molecule has 2 saturated carbocycles. The highest BCUT2D eigenvalue weighted by Crippen LogP contribution is 2.34. The average molecular weight is 365 g/mol. The Morgan fingerprint density at radius 3 is 2.04 bits per heavy atom. The number of hydrogen-bond donors (Lipinski definition) is 1. The molecule has 0 unspecified atom stereocenters. The number of nitrogens with zero attached hydrogens (tertiary/aromatic N) is 1. The molecule has 0 aromatic heterocycles. The van der Waals surface area contributed by atoms with E-state index >= 15 is 0 Å². The van der Waals surface area contributed by atoms with Gasteiger partial charge in [-0.1, -0.05) is 18.9 Å². The number of carboxylic acids is 1. The van der Waals surface area contributed by atoms with Crippen LogP contribution in [0.3, 0.4) is 0 Å². The lowest BCUT2D eigenvalue weighted by molar-refractivity contribution is -0.146. The van der Waals surface area contributed by atoms with E-state index < -0.39 is 17.6 Å². The molecule has 2 aliphatic rings. The van der Waals surface area contributed by atoms with E-state index in [9.17, 15) is 18.4 Å². The van der Waals surface area contributed by atoms with E-state index in [1.54, 1.807) is 4.90 Å². The first-order valence-corrected chi connectivity index (χ1v) is 9.43. The molecule has 0 atom stereocenters. The Morgan fingerprint density at radius 2 is 1.50 bits per heavy atom. The summed E-state index contributed by atoms with van der Waals surface area (Å²) in [5.74, 6) is -2.78. The molecular formula is C20H25F2NO3. The minimum Gasteiger partial charge on any atom is -0.481 e. The van der Waals surface area contributed by atoms with Gasteiger partial charge in [0.1, 0.15) is 11.6 Å². The Bertz CT molecular complexity index is 645. The Labute approximate surface area is 152 Å². The summed E-state index contributed by atoms with van der Waals surface area (Å²) in [6.45, 7) is -0.0547. The van der Waals surface area contributed by atoms with Gasteiger partial charge >= 0.3 is 5.97 Å². The predicted octanol–water partition coefficient (Wildman–Crippen LogP) is 4.13. The number of rotatable bonds is 5. The number of carboxylic acid groups (broad SMARTS) is 1. The zero-order chi connectivity index (χ0) is 18.7. The van der Waals surface area contributed by atoms with E-state index in [1.165, 1.54) is 18.2 Å². The molecule has 6 heteroatoms. The summed E-state index contributed by atoms with van der Waals surface area (Å²) in [6, 6.07) is 3.77. The van der Waals surface area contributed by atoms with E-state index in [0.717, 1.165) is 25.7 Å². The van der Waals surface area contributed by atoms with Crippen LogP contribution in [0.25, 0.3) is 0 Å². The van der Waals surface area contributed by atoms with Gasteiger partial charge < -0.3 is 10.0 Å². The van der Waals surface area contributed by atoms with E-state index in [-0.39, 0.29) is 35.9 Å². The van der Waals surface area contributed by atoms with Gasteiger partial charge in [0.05, 0.1) is 12.5 Å². The molecule has 0 heterocycles. The van der Waals surface area contributed by atoms with Crippen LogP contribution in [0.2, 0.25) is 0 Å². The largest absolute Gasteiger partial charge is 0.481 e. The minimum absolute atomic E-state index is 0.0127. The van der Waals surface area contributed by atoms with Gasteiger partial charge in [-0.25, -0.2) is 8.78 Å². The number of halogens is 2. The van der Waals surface area contributed by atoms with E-state index in [0.29, 0.717) is 25.7 Å². The zero-order valence-corrected chi connectivity index (χ0v) is 14.8. The van der Waals surface area contributed by atoms with Crippen LogP contribution in [0.5, 0.6) is 0 Å². The first-order valence-electron chi connectivity index (χ1n) is 9.43. The molecule has 0 saturated heterocycles. The first-order chi connectivity index (χ1) is 12.5. The molecule has 1 aromatic rings. The van der Waals surface area contributed by atoms with Crippen molar-refractivity contribution >= 4 is 11.9 Å². The van der Waals surface area contributed by atoms with Gasteiger partial charge in [0.2, 0.25) is 5.91 Å². The summed E-state index contributed by atoms with van der Waals surface area (Å²) in [7, 11) is 0. The fourth-order valence-electron chi connectivity index (χ4n) is 4.28. The summed E-state index contributed by atoms with van der Waals surface area (Å²) >= 11 is 0. The molecule has 0 bridgehead atoms. The van der Waals surface area contributed by atoms with Crippen LogP contribution in [0.4, 0.5) is 8.78 Å². The number of carbonyl (C=O) groups excluding carboxylic acids is 1. The van der Waals surface area contributed by atoms with Crippen molar-refractivity contribution in [2.45, 2.75) is 64.0 Å². The van der Waals surface area contributed by atoms with E-state index in [1.807, 2.05) is 0 Å². The van der Waals surface area contributed by atoms with Crippen molar-refractivity contribution in [1.29, 1.82) is 0 Å². The Kier molecular flexibility index (Phi) is 5.89. The highest BCUT2D eigenvalue weighted by atomic mass is 19.1. The molecule has 0 radical (unpaired) electrons. The molecule has 0 aliphatic heterocycles. The SMILES string of the molecule is O=C(O)C1CCC(C(=O)N(Cc2c(F)cccc2F)C2CCCC2)CC1. The standard InChI is InChI=1S/C20H25F2NO3/c21-17-6-3-7-18(22)16(17)12-23(15-4-1-2-5-15)19(24)13-8-10-14(11-9-13)20(25)26/h3,6-7,13-15H,1-2,4-5,8-12H2,(H,25,26). The number of aliphatic carboxylic acids is 1. The number of hydrogen-bond acceptors (Lipinski definition) is 2. The smallest absolute Gasteiger partial charge is 0.306 e. The van der Waals surface area contributed by atoms with Crippen molar-refractivity contribution in [3.8, 4) is 0 Å². The summed E-state index contributed by atoms with van der Waals surface area (Å²) in [6.07, 6.45) is 5.76. The third kappa shape index (κ3) is 4.05. The van der Waals surface area contributed by atoms with Crippen LogP contribution >= 0.6 is 0 Å². The van der Waals surface area contributed by atoms with Gasteiger partial charge in [-0.3, -0.25) is 9.59 Å². The fraction of sp³-hybridized carbons (Fsp3) is 0.600. The van der Waals surface area contributed by atoms with E-state index in [2.05, 4.69) is 0 Å². The van der Waals surface area contributed by atoms with Crippen molar-refractivity contribution in [1.82, 2.24) is 4.90 Å². The lowest BCUT2D eigenvalue weighted by Gasteiger charge is -2.35. The van der Waals surface area contributed by atoms with E-state index in [4.69, 9.17) is 5.11 Å². The van der Waals surface area contributed by atoms with Crippen molar-refractivity contribution in [2.24, 2.45) is 11.8 Å². The van der Waals surface area contributed by atoms with Crippen LogP contribution in [0, 0.1) is 23.5 Å². The van der Waals surface area contributed by atoms with Crippen LogP contribution in [-0.4, -0.2) is 27.9 Å². The van der Waals surface area contributed by atoms with Crippen molar-refractivity contribution in [3.63, 3.8) is 0 Å². The molecule has 142 valence electrons. The second kappa shape index (κ2) is 8.14. The normalized spacial score (nSPS) is 23.8. The molecule has 26 heavy (non-hydrogen) atoms. The lowest BCUT2D eigenvalue weighted by atomic mass is 9.81. The van der Waals surface area contributed by atoms with Crippen molar-refractivity contribution < 1.29 is 23.5 Å². The zero-order valence-electron chi connectivity index (χ0n) is 14.8. The maximum absolute atomic E-state index is 14.1. The monoisotopic (exact) mass is 365 g/mol. The molecule has 3 rings (SSSR count). The topological polar surface area (TPSA) is 57.6 Å². The molecule has 1 amide bonds. The van der Waals surface area contributed by atoms with Crippen molar-refractivity contribution in [2.75, 3.05) is 0 Å². The Balaban J connectivity index is 1.76. The molecular weight excluding hydrogens is 340 g/mol. The molecule has 2 aliphatic carbocycles. The lowest BCUT2D eigenvalue weighted by Crippen LogP contribution is -2.43. The van der Waals surface area contributed by atoms with Gasteiger partial charge in [0.25, 0.3) is 0 Å². The van der Waals surface area contributed by atoms with Crippen LogP contribution in [0.1, 0.15) is 56.9 Å². The fourth-order valence-corrected chi connectivity index (χ4v) is 4.28. The number of amides is 1. The number of benzene rings is 1. The third-order valence-electron chi connectivity index (χ3n) is 5.86. The second-order valence-electron chi connectivity index (χ2n) is 7.49. The van der Waals surface area contributed by atoms with Crippen molar-refractivity contribution in [3.05, 3.63) is 35.4 Å².